The van der Waals surface area contributed by atoms with Crippen LogP contribution >= 0.6 is 11.6 Å². The Morgan fingerprint density at radius 3 is 2.66 bits per heavy atom. The smallest absolute Gasteiger partial charge is 0.337 e. The van der Waals surface area contributed by atoms with Gasteiger partial charge in [0.2, 0.25) is 11.8 Å². The third-order valence-corrected chi connectivity index (χ3v) is 7.40. The minimum Gasteiger partial charge on any atom is -0.496 e. The number of imide groups is 1. The number of likely N-dealkylation sites (tertiary alicyclic amines) is 1. The highest BCUT2D eigenvalue weighted by Gasteiger charge is 2.35. The molecule has 41 heavy (non-hydrogen) atoms. The predicted octanol–water partition coefficient (Wildman–Crippen LogP) is 5.77. The quantitative estimate of drug-likeness (QED) is 0.304. The zero-order chi connectivity index (χ0) is 29.4. The molecular weight excluding hydrogens is 546 g/mol. The van der Waals surface area contributed by atoms with Crippen LogP contribution < -0.4 is 9.57 Å². The Hall–Kier alpha value is -4.24. The number of carbonyl (C=O) groups excluding carboxylic acids is 2. The van der Waals surface area contributed by atoms with Crippen LogP contribution in [0.4, 0.5) is 0 Å². The second-order valence-corrected chi connectivity index (χ2v) is 10.3. The van der Waals surface area contributed by atoms with Gasteiger partial charge in [-0.2, -0.15) is 0 Å². The molecule has 1 aliphatic heterocycles. The Kier molecular flexibility index (Phi) is 10.1. The van der Waals surface area contributed by atoms with E-state index in [1.807, 2.05) is 25.1 Å². The molecule has 1 N–H and O–H groups in total. The van der Waals surface area contributed by atoms with Crippen LogP contribution in [0.15, 0.2) is 72.1 Å². The average Bonchev–Trinajstić information content (AvgIpc) is 3.14. The van der Waals surface area contributed by atoms with Crippen molar-refractivity contribution in [2.24, 2.45) is 11.1 Å². The molecule has 3 aromatic rings. The molecule has 1 aromatic heterocycles. The summed E-state index contributed by atoms with van der Waals surface area (Å²) in [6, 6.07) is 15.8. The molecule has 2 atom stereocenters. The molecule has 1 unspecified atom stereocenters. The number of oxime groups is 1. The van der Waals surface area contributed by atoms with Crippen LogP contribution in [0, 0.1) is 5.92 Å². The van der Waals surface area contributed by atoms with Crippen molar-refractivity contribution in [1.29, 1.82) is 0 Å². The molecule has 1 saturated heterocycles. The van der Waals surface area contributed by atoms with Gasteiger partial charge in [-0.05, 0) is 79.1 Å². The molecule has 10 heteroatoms. The number of aromatic carboxylic acids is 1. The van der Waals surface area contributed by atoms with Crippen molar-refractivity contribution >= 4 is 35.1 Å². The Balaban J connectivity index is 1.61. The first-order valence-electron chi connectivity index (χ1n) is 13.4. The molecule has 2 aromatic carbocycles. The predicted molar refractivity (Wildman–Crippen MR) is 155 cm³/mol. The zero-order valence-electron chi connectivity index (χ0n) is 23.0. The minimum absolute atomic E-state index is 0.00245. The number of ether oxygens (including phenoxy) is 1. The number of amides is 2. The van der Waals surface area contributed by atoms with Crippen molar-refractivity contribution < 1.29 is 29.1 Å². The molecule has 214 valence electrons. The maximum atomic E-state index is 13.9. The summed E-state index contributed by atoms with van der Waals surface area (Å²) in [4.78, 5) is 50.0. The van der Waals surface area contributed by atoms with Gasteiger partial charge in [0.25, 0.3) is 0 Å². The number of carboxylic acid groups (broad SMARTS) is 1. The fourth-order valence-electron chi connectivity index (χ4n) is 4.89. The van der Waals surface area contributed by atoms with E-state index < -0.39 is 11.9 Å². The lowest BCUT2D eigenvalue weighted by Crippen LogP contribution is -2.42. The number of hydrogen-bond acceptors (Lipinski definition) is 7. The highest BCUT2D eigenvalue weighted by molar-refractivity contribution is 6.30. The number of halogens is 1. The number of methoxy groups -OCH3 is 1. The number of aromatic nitrogens is 1. The maximum absolute atomic E-state index is 13.9. The van der Waals surface area contributed by atoms with E-state index in [4.69, 9.17) is 21.2 Å². The van der Waals surface area contributed by atoms with Crippen molar-refractivity contribution in [2.45, 2.75) is 44.9 Å². The summed E-state index contributed by atoms with van der Waals surface area (Å²) in [5.41, 5.74) is 2.01. The maximum Gasteiger partial charge on any atom is 0.337 e. The number of carbonyl (C=O) groups is 3. The van der Waals surface area contributed by atoms with Gasteiger partial charge >= 0.3 is 5.97 Å². The molecular formula is C31H32ClN3O6. The standard InChI is InChI=1S/C31H32ClN3O6/c1-3-20(23-14-24(31(38)39)18-33-17-23)16-29(36)35-19-26(34-41-27-7-5-4-6-8-27)11-9-21(30(35)37)13-22-15-25(32)10-12-28(22)40-2/h4-8,10,12,14-15,17-18,20-21H,3,9,11,13,16,19H2,1-2H3,(H,38,39)/b34-26+/t20-,21?/m0/s1. The second-order valence-electron chi connectivity index (χ2n) is 9.90. The first kappa shape index (κ1) is 29.7. The highest BCUT2D eigenvalue weighted by Crippen LogP contribution is 2.30. The van der Waals surface area contributed by atoms with Gasteiger partial charge in [0.15, 0.2) is 5.75 Å². The molecule has 0 radical (unpaired) electrons. The molecule has 1 aliphatic rings. The third-order valence-electron chi connectivity index (χ3n) is 7.16. The van der Waals surface area contributed by atoms with Gasteiger partial charge in [-0.1, -0.05) is 41.9 Å². The van der Waals surface area contributed by atoms with Crippen LogP contribution in [0.2, 0.25) is 5.02 Å². The summed E-state index contributed by atoms with van der Waals surface area (Å²) in [6.07, 6.45) is 4.64. The van der Waals surface area contributed by atoms with Crippen molar-refractivity contribution in [3.8, 4) is 11.5 Å². The Morgan fingerprint density at radius 2 is 1.95 bits per heavy atom. The molecule has 9 nitrogen and oxygen atoms in total. The number of rotatable bonds is 10. The lowest BCUT2D eigenvalue weighted by molar-refractivity contribution is -0.146. The summed E-state index contributed by atoms with van der Waals surface area (Å²) >= 11 is 6.24. The average molecular weight is 578 g/mol. The van der Waals surface area contributed by atoms with Crippen LogP contribution in [-0.4, -0.2) is 52.1 Å². The lowest BCUT2D eigenvalue weighted by Gasteiger charge is -2.25. The fourth-order valence-corrected chi connectivity index (χ4v) is 5.08. The van der Waals surface area contributed by atoms with E-state index in [0.29, 0.717) is 53.5 Å². The number of pyridine rings is 1. The summed E-state index contributed by atoms with van der Waals surface area (Å²) in [6.45, 7) is 1.90. The first-order chi connectivity index (χ1) is 19.8. The van der Waals surface area contributed by atoms with Crippen LogP contribution in [0.25, 0.3) is 0 Å². The number of carboxylic acids is 1. The molecule has 0 saturated carbocycles. The molecule has 1 fully saturated rings. The van der Waals surface area contributed by atoms with Crippen LogP contribution in [0.5, 0.6) is 11.5 Å². The van der Waals surface area contributed by atoms with Crippen molar-refractivity contribution in [1.82, 2.24) is 9.88 Å². The van der Waals surface area contributed by atoms with Gasteiger partial charge in [0.1, 0.15) is 5.75 Å². The molecule has 0 bridgehead atoms. The zero-order valence-corrected chi connectivity index (χ0v) is 23.7. The Labute approximate surface area is 243 Å². The van der Waals surface area contributed by atoms with E-state index >= 15 is 0 Å². The van der Waals surface area contributed by atoms with Gasteiger partial charge < -0.3 is 14.7 Å². The molecule has 2 heterocycles. The normalized spacial score (nSPS) is 17.1. The molecule has 4 rings (SSSR count). The van der Waals surface area contributed by atoms with Crippen LogP contribution in [-0.2, 0) is 16.0 Å². The lowest BCUT2D eigenvalue weighted by atomic mass is 9.92. The van der Waals surface area contributed by atoms with Crippen LogP contribution in [0.1, 0.15) is 60.0 Å². The molecule has 2 amide bonds. The Bertz CT molecular complexity index is 1430. The highest BCUT2D eigenvalue weighted by atomic mass is 35.5. The second kappa shape index (κ2) is 13.9. The van der Waals surface area contributed by atoms with E-state index in [2.05, 4.69) is 10.1 Å². The van der Waals surface area contributed by atoms with Crippen molar-refractivity contribution in [3.05, 3.63) is 88.7 Å². The summed E-state index contributed by atoms with van der Waals surface area (Å²) in [5, 5.41) is 14.2. The van der Waals surface area contributed by atoms with Gasteiger partial charge in [-0.15, -0.1) is 0 Å². The van der Waals surface area contributed by atoms with Gasteiger partial charge in [-0.3, -0.25) is 19.5 Å². The number of benzene rings is 2. The Morgan fingerprint density at radius 1 is 1.17 bits per heavy atom. The van der Waals surface area contributed by atoms with Gasteiger partial charge in [0, 0.05) is 29.8 Å². The third kappa shape index (κ3) is 7.70. The van der Waals surface area contributed by atoms with Crippen molar-refractivity contribution in [2.75, 3.05) is 13.7 Å². The summed E-state index contributed by atoms with van der Waals surface area (Å²) in [7, 11) is 1.56. The monoisotopic (exact) mass is 577 g/mol. The summed E-state index contributed by atoms with van der Waals surface area (Å²) < 4.78 is 5.49. The number of para-hydroxylation sites is 1. The molecule has 0 aliphatic carbocycles. The van der Waals surface area contributed by atoms with Crippen LogP contribution in [0.3, 0.4) is 0 Å². The minimum atomic E-state index is -1.10. The van der Waals surface area contributed by atoms with E-state index in [9.17, 15) is 19.5 Å². The summed E-state index contributed by atoms with van der Waals surface area (Å²) in [5.74, 6) is -1.46. The van der Waals surface area contributed by atoms with Gasteiger partial charge in [0.05, 0.1) is 24.9 Å². The number of nitrogens with zero attached hydrogens (tertiary/aromatic N) is 3. The largest absolute Gasteiger partial charge is 0.496 e. The van der Waals surface area contributed by atoms with E-state index in [0.717, 1.165) is 5.56 Å². The SMILES string of the molecule is CC[C@@H](CC(=O)N1C/C(=N/Oc2ccccc2)CCC(Cc2cc(Cl)ccc2OC)C1=O)c1cncc(C(=O)O)c1. The van der Waals surface area contributed by atoms with E-state index in [1.54, 1.807) is 43.6 Å². The van der Waals surface area contributed by atoms with E-state index in [1.165, 1.54) is 17.2 Å². The molecule has 0 spiro atoms. The van der Waals surface area contributed by atoms with Crippen molar-refractivity contribution in [3.63, 3.8) is 0 Å². The van der Waals surface area contributed by atoms with E-state index in [-0.39, 0.29) is 36.3 Å². The first-order valence-corrected chi connectivity index (χ1v) is 13.8. The van der Waals surface area contributed by atoms with Gasteiger partial charge in [-0.25, -0.2) is 4.79 Å². The fraction of sp³-hybridized carbons (Fsp3) is 0.323. The topological polar surface area (TPSA) is 118 Å². The number of hydrogen-bond donors (Lipinski definition) is 1.